The minimum atomic E-state index is -0.383. The number of ether oxygens (including phenoxy) is 2. The zero-order chi connectivity index (χ0) is 13.6. The van der Waals surface area contributed by atoms with Gasteiger partial charge in [-0.25, -0.2) is 4.98 Å². The Kier molecular flexibility index (Phi) is 2.68. The molecule has 2 N–H and O–H groups in total. The molecule has 1 aliphatic heterocycles. The first-order valence-electron chi connectivity index (χ1n) is 7.14. The van der Waals surface area contributed by atoms with Gasteiger partial charge in [0.2, 0.25) is 0 Å². The van der Waals surface area contributed by atoms with E-state index in [1.165, 1.54) is 0 Å². The van der Waals surface area contributed by atoms with Gasteiger partial charge < -0.3 is 15.2 Å². The predicted octanol–water partition coefficient (Wildman–Crippen LogP) is 1.71. The number of hydrogen-bond acceptors (Lipinski definition) is 5. The largest absolute Gasteiger partial charge is 0.384 e. The topological polar surface area (TPSA) is 74.7 Å². The lowest BCUT2D eigenvalue weighted by atomic mass is 9.82. The number of anilines is 1. The molecule has 0 radical (unpaired) electrons. The van der Waals surface area contributed by atoms with Crippen molar-refractivity contribution in [1.29, 1.82) is 0 Å². The maximum atomic E-state index is 6.05. The molecule has 2 aliphatic rings. The van der Waals surface area contributed by atoms with E-state index in [1.807, 2.05) is 12.1 Å². The minimum Gasteiger partial charge on any atom is -0.384 e. The summed E-state index contributed by atoms with van der Waals surface area (Å²) in [6.07, 6.45) is 5.76. The third-order valence-corrected chi connectivity index (χ3v) is 4.31. The van der Waals surface area contributed by atoms with Crippen LogP contribution in [0.25, 0.3) is 5.65 Å². The fourth-order valence-electron chi connectivity index (χ4n) is 3.38. The van der Waals surface area contributed by atoms with E-state index in [-0.39, 0.29) is 5.79 Å². The van der Waals surface area contributed by atoms with E-state index in [0.29, 0.717) is 24.9 Å². The molecule has 106 valence electrons. The molecule has 0 aromatic carbocycles. The van der Waals surface area contributed by atoms with Crippen LogP contribution in [0.3, 0.4) is 0 Å². The summed E-state index contributed by atoms with van der Waals surface area (Å²) in [4.78, 5) is 4.68. The summed E-state index contributed by atoms with van der Waals surface area (Å²) < 4.78 is 13.3. The molecule has 1 unspecified atom stereocenters. The Morgan fingerprint density at radius 1 is 1.35 bits per heavy atom. The highest BCUT2D eigenvalue weighted by Gasteiger charge is 2.42. The van der Waals surface area contributed by atoms with Gasteiger partial charge in [0, 0.05) is 36.6 Å². The molecule has 0 bridgehead atoms. The minimum absolute atomic E-state index is 0.337. The molecule has 0 amide bonds. The number of nitrogens with two attached hydrogens (primary N) is 1. The van der Waals surface area contributed by atoms with Gasteiger partial charge in [0.15, 0.2) is 11.4 Å². The molecule has 2 aromatic rings. The number of nitrogen functional groups attached to an aromatic ring is 1. The molecule has 1 spiro atoms. The van der Waals surface area contributed by atoms with Gasteiger partial charge in [0.25, 0.3) is 0 Å². The van der Waals surface area contributed by atoms with Gasteiger partial charge in [-0.15, -0.1) is 0 Å². The van der Waals surface area contributed by atoms with Crippen LogP contribution in [0.4, 0.5) is 5.82 Å². The second-order valence-corrected chi connectivity index (χ2v) is 5.61. The SMILES string of the molecule is Nc1cc(C2CCCC3(C2)OCCO3)nc2ccnn12. The Balaban J connectivity index is 1.67. The van der Waals surface area contributed by atoms with Crippen molar-refractivity contribution < 1.29 is 9.47 Å². The molecule has 1 saturated carbocycles. The average Bonchev–Trinajstić information content (AvgIpc) is 3.08. The number of aromatic nitrogens is 3. The third kappa shape index (κ3) is 1.87. The van der Waals surface area contributed by atoms with Crippen LogP contribution in [-0.2, 0) is 9.47 Å². The summed E-state index contributed by atoms with van der Waals surface area (Å²) in [5.74, 6) is 0.582. The van der Waals surface area contributed by atoms with Crippen LogP contribution in [0.15, 0.2) is 18.3 Å². The summed E-state index contributed by atoms with van der Waals surface area (Å²) in [7, 11) is 0. The first-order chi connectivity index (χ1) is 9.76. The fraction of sp³-hybridized carbons (Fsp3) is 0.571. The van der Waals surface area contributed by atoms with Gasteiger partial charge in [-0.3, -0.25) is 0 Å². The Morgan fingerprint density at radius 2 is 2.20 bits per heavy atom. The van der Waals surface area contributed by atoms with Crippen molar-refractivity contribution in [3.63, 3.8) is 0 Å². The average molecular weight is 274 g/mol. The van der Waals surface area contributed by atoms with Crippen molar-refractivity contribution in [1.82, 2.24) is 14.6 Å². The van der Waals surface area contributed by atoms with Crippen LogP contribution in [0.2, 0.25) is 0 Å². The Bertz CT molecular complexity index is 633. The molecular formula is C14H18N4O2. The van der Waals surface area contributed by atoms with Gasteiger partial charge in [-0.2, -0.15) is 9.61 Å². The second-order valence-electron chi connectivity index (χ2n) is 5.61. The number of hydrogen-bond donors (Lipinski definition) is 1. The molecule has 20 heavy (non-hydrogen) atoms. The smallest absolute Gasteiger partial charge is 0.169 e. The van der Waals surface area contributed by atoms with Gasteiger partial charge in [-0.05, 0) is 12.8 Å². The number of nitrogens with zero attached hydrogens (tertiary/aromatic N) is 3. The lowest BCUT2D eigenvalue weighted by molar-refractivity contribution is -0.180. The molecule has 1 saturated heterocycles. The summed E-state index contributed by atoms with van der Waals surface area (Å²) >= 11 is 0. The van der Waals surface area contributed by atoms with Crippen molar-refractivity contribution >= 4 is 11.5 Å². The van der Waals surface area contributed by atoms with Crippen LogP contribution in [0.1, 0.15) is 37.3 Å². The lowest BCUT2D eigenvalue weighted by Gasteiger charge is -2.36. The molecular weight excluding hydrogens is 256 g/mol. The van der Waals surface area contributed by atoms with E-state index in [0.717, 1.165) is 37.0 Å². The molecule has 2 aromatic heterocycles. The molecule has 6 nitrogen and oxygen atoms in total. The van der Waals surface area contributed by atoms with Gasteiger partial charge in [-0.1, -0.05) is 0 Å². The van der Waals surface area contributed by atoms with Crippen molar-refractivity contribution in [3.05, 3.63) is 24.0 Å². The van der Waals surface area contributed by atoms with E-state index in [9.17, 15) is 0 Å². The Hall–Kier alpha value is -1.66. The van der Waals surface area contributed by atoms with Crippen LogP contribution in [-0.4, -0.2) is 33.6 Å². The van der Waals surface area contributed by atoms with Gasteiger partial charge in [0.05, 0.1) is 19.4 Å². The quantitative estimate of drug-likeness (QED) is 0.857. The Labute approximate surface area is 116 Å². The maximum Gasteiger partial charge on any atom is 0.169 e. The first-order valence-corrected chi connectivity index (χ1v) is 7.14. The van der Waals surface area contributed by atoms with E-state index in [1.54, 1.807) is 10.7 Å². The highest BCUT2D eigenvalue weighted by Crippen LogP contribution is 2.42. The van der Waals surface area contributed by atoms with Gasteiger partial charge >= 0.3 is 0 Å². The maximum absolute atomic E-state index is 6.05. The van der Waals surface area contributed by atoms with Gasteiger partial charge in [0.1, 0.15) is 5.82 Å². The molecule has 4 rings (SSSR count). The summed E-state index contributed by atoms with van der Waals surface area (Å²) in [5.41, 5.74) is 7.87. The zero-order valence-corrected chi connectivity index (χ0v) is 11.3. The first kappa shape index (κ1) is 12.1. The van der Waals surface area contributed by atoms with Crippen molar-refractivity contribution in [2.75, 3.05) is 18.9 Å². The third-order valence-electron chi connectivity index (χ3n) is 4.31. The second kappa shape index (κ2) is 4.43. The van der Waals surface area contributed by atoms with Crippen molar-refractivity contribution in [3.8, 4) is 0 Å². The molecule has 3 heterocycles. The number of fused-ring (bicyclic) bond motifs is 1. The van der Waals surface area contributed by atoms with Crippen LogP contribution >= 0.6 is 0 Å². The highest BCUT2D eigenvalue weighted by atomic mass is 16.7. The predicted molar refractivity (Wildman–Crippen MR) is 73.2 cm³/mol. The monoisotopic (exact) mass is 274 g/mol. The van der Waals surface area contributed by atoms with Crippen molar-refractivity contribution in [2.24, 2.45) is 0 Å². The van der Waals surface area contributed by atoms with Crippen LogP contribution < -0.4 is 5.73 Å². The standard InChI is InChI=1S/C14H18N4O2/c15-12-8-11(17-13-3-5-16-18(12)13)10-2-1-4-14(9-10)19-6-7-20-14/h3,5,8,10H,1-2,4,6-7,9,15H2. The lowest BCUT2D eigenvalue weighted by Crippen LogP contribution is -2.35. The zero-order valence-electron chi connectivity index (χ0n) is 11.3. The fourth-order valence-corrected chi connectivity index (χ4v) is 3.38. The molecule has 1 aliphatic carbocycles. The molecule has 2 fully saturated rings. The number of rotatable bonds is 1. The highest BCUT2D eigenvalue weighted by molar-refractivity contribution is 5.47. The molecule has 1 atom stereocenters. The summed E-state index contributed by atoms with van der Waals surface area (Å²) in [6.45, 7) is 1.40. The van der Waals surface area contributed by atoms with E-state index >= 15 is 0 Å². The normalized spacial score (nSPS) is 25.5. The van der Waals surface area contributed by atoms with Crippen molar-refractivity contribution in [2.45, 2.75) is 37.4 Å². The van der Waals surface area contributed by atoms with Crippen LogP contribution in [0, 0.1) is 0 Å². The van der Waals surface area contributed by atoms with E-state index < -0.39 is 0 Å². The van der Waals surface area contributed by atoms with E-state index in [4.69, 9.17) is 15.2 Å². The van der Waals surface area contributed by atoms with E-state index in [2.05, 4.69) is 10.1 Å². The van der Waals surface area contributed by atoms with Crippen LogP contribution in [0.5, 0.6) is 0 Å². The summed E-state index contributed by atoms with van der Waals surface area (Å²) in [5, 5.41) is 4.16. The molecule has 6 heteroatoms. The summed E-state index contributed by atoms with van der Waals surface area (Å²) in [6, 6.07) is 3.81. The Morgan fingerprint density at radius 3 is 3.05 bits per heavy atom.